The Morgan fingerprint density at radius 1 is 1.33 bits per heavy atom. The Bertz CT molecular complexity index is 418. The van der Waals surface area contributed by atoms with Crippen LogP contribution < -0.4 is 10.6 Å². The highest BCUT2D eigenvalue weighted by molar-refractivity contribution is 5.85. The lowest BCUT2D eigenvalue weighted by atomic mass is 10.0. The molecular weight excluding hydrogens is 295 g/mol. The second-order valence-corrected chi connectivity index (χ2v) is 4.77. The van der Waals surface area contributed by atoms with Crippen LogP contribution in [0.4, 0.5) is 4.39 Å². The molecule has 0 spiro atoms. The normalized spacial score (nSPS) is 11.6. The lowest BCUT2D eigenvalue weighted by Crippen LogP contribution is -2.36. The molecule has 1 rings (SSSR count). The molecule has 21 heavy (non-hydrogen) atoms. The van der Waals surface area contributed by atoms with Gasteiger partial charge in [-0.25, -0.2) is 4.39 Å². The number of methoxy groups -OCH3 is 1. The number of hydrogen-bond acceptors (Lipinski definition) is 3. The van der Waals surface area contributed by atoms with Crippen LogP contribution in [-0.2, 0) is 16.0 Å². The van der Waals surface area contributed by atoms with Crippen molar-refractivity contribution in [3.63, 3.8) is 0 Å². The van der Waals surface area contributed by atoms with Crippen molar-refractivity contribution in [3.8, 4) is 0 Å². The van der Waals surface area contributed by atoms with E-state index >= 15 is 0 Å². The van der Waals surface area contributed by atoms with E-state index in [9.17, 15) is 9.18 Å². The van der Waals surface area contributed by atoms with E-state index in [4.69, 9.17) is 4.74 Å². The van der Waals surface area contributed by atoms with Crippen LogP contribution >= 0.6 is 12.4 Å². The minimum absolute atomic E-state index is 0. The summed E-state index contributed by atoms with van der Waals surface area (Å²) >= 11 is 0. The molecule has 0 bridgehead atoms. The lowest BCUT2D eigenvalue weighted by molar-refractivity contribution is -0.124. The third-order valence-electron chi connectivity index (χ3n) is 2.96. The van der Waals surface area contributed by atoms with Crippen molar-refractivity contribution >= 4 is 18.3 Å². The number of amides is 1. The third-order valence-corrected chi connectivity index (χ3v) is 2.96. The summed E-state index contributed by atoms with van der Waals surface area (Å²) in [6.07, 6.45) is 0.542. The highest BCUT2D eigenvalue weighted by Gasteiger charge is 2.13. The largest absolute Gasteiger partial charge is 0.383 e. The van der Waals surface area contributed by atoms with Gasteiger partial charge in [0.25, 0.3) is 0 Å². The number of rotatable bonds is 9. The van der Waals surface area contributed by atoms with Gasteiger partial charge in [0, 0.05) is 32.7 Å². The second-order valence-electron chi connectivity index (χ2n) is 4.77. The van der Waals surface area contributed by atoms with Crippen LogP contribution in [-0.4, -0.2) is 39.3 Å². The molecule has 120 valence electrons. The average Bonchev–Trinajstić information content (AvgIpc) is 2.42. The van der Waals surface area contributed by atoms with E-state index in [-0.39, 0.29) is 30.0 Å². The molecule has 0 saturated carbocycles. The standard InChI is InChI=1S/C15H23FN2O2.ClH/c1-12(10-13-4-3-5-14(16)11-13)15(19)18-7-6-17-8-9-20-2;/h3-5,11-12,17H,6-10H2,1-2H3,(H,18,19);1H. The number of carbonyl (C=O) groups excluding carboxylic acids is 1. The Morgan fingerprint density at radius 3 is 2.76 bits per heavy atom. The van der Waals surface area contributed by atoms with Crippen LogP contribution in [0.15, 0.2) is 24.3 Å². The topological polar surface area (TPSA) is 50.4 Å². The average molecular weight is 319 g/mol. The quantitative estimate of drug-likeness (QED) is 0.682. The summed E-state index contributed by atoms with van der Waals surface area (Å²) in [5.74, 6) is -0.448. The highest BCUT2D eigenvalue weighted by Crippen LogP contribution is 2.10. The van der Waals surface area contributed by atoms with Crippen molar-refractivity contribution < 1.29 is 13.9 Å². The van der Waals surface area contributed by atoms with Gasteiger partial charge in [-0.3, -0.25) is 4.79 Å². The van der Waals surface area contributed by atoms with Gasteiger partial charge in [-0.1, -0.05) is 19.1 Å². The van der Waals surface area contributed by atoms with E-state index in [1.165, 1.54) is 12.1 Å². The molecule has 1 aromatic rings. The summed E-state index contributed by atoms with van der Waals surface area (Å²) < 4.78 is 18.0. The highest BCUT2D eigenvalue weighted by atomic mass is 35.5. The van der Waals surface area contributed by atoms with Gasteiger partial charge < -0.3 is 15.4 Å². The second kappa shape index (κ2) is 11.5. The van der Waals surface area contributed by atoms with E-state index in [0.29, 0.717) is 26.1 Å². The van der Waals surface area contributed by atoms with Gasteiger partial charge in [0.2, 0.25) is 5.91 Å². The van der Waals surface area contributed by atoms with Crippen LogP contribution in [0, 0.1) is 11.7 Å². The first-order valence-corrected chi connectivity index (χ1v) is 6.85. The molecule has 0 aliphatic carbocycles. The van der Waals surface area contributed by atoms with Gasteiger partial charge in [0.15, 0.2) is 0 Å². The molecule has 0 aliphatic rings. The Morgan fingerprint density at radius 2 is 2.10 bits per heavy atom. The molecular formula is C15H24ClFN2O2. The van der Waals surface area contributed by atoms with Crippen LogP contribution in [0.1, 0.15) is 12.5 Å². The number of halogens is 2. The van der Waals surface area contributed by atoms with Crippen molar-refractivity contribution in [2.75, 3.05) is 33.4 Å². The van der Waals surface area contributed by atoms with Gasteiger partial charge in [-0.15, -0.1) is 12.4 Å². The summed E-state index contributed by atoms with van der Waals surface area (Å²) in [5, 5.41) is 6.01. The SMILES string of the molecule is COCCNCCNC(=O)C(C)Cc1cccc(F)c1.Cl. The van der Waals surface area contributed by atoms with Crippen LogP contribution in [0.25, 0.3) is 0 Å². The number of benzene rings is 1. The molecule has 1 amide bonds. The maximum absolute atomic E-state index is 13.0. The third kappa shape index (κ3) is 8.65. The summed E-state index contributed by atoms with van der Waals surface area (Å²) in [4.78, 5) is 11.9. The predicted octanol–water partition coefficient (Wildman–Crippen LogP) is 1.78. The molecule has 1 unspecified atom stereocenters. The first-order chi connectivity index (χ1) is 9.63. The minimum atomic E-state index is -0.266. The zero-order chi connectivity index (χ0) is 14.8. The van der Waals surface area contributed by atoms with Crippen molar-refractivity contribution in [3.05, 3.63) is 35.6 Å². The fraction of sp³-hybridized carbons (Fsp3) is 0.533. The van der Waals surface area contributed by atoms with Crippen LogP contribution in [0.2, 0.25) is 0 Å². The first kappa shape index (κ1) is 19.8. The fourth-order valence-corrected chi connectivity index (χ4v) is 1.86. The lowest BCUT2D eigenvalue weighted by Gasteiger charge is -2.12. The Kier molecular flexibility index (Phi) is 10.8. The van der Waals surface area contributed by atoms with Gasteiger partial charge in [-0.05, 0) is 24.1 Å². The van der Waals surface area contributed by atoms with Gasteiger partial charge in [0.1, 0.15) is 5.82 Å². The van der Waals surface area contributed by atoms with Gasteiger partial charge >= 0.3 is 0 Å². The van der Waals surface area contributed by atoms with Crippen LogP contribution in [0.5, 0.6) is 0 Å². The molecule has 6 heteroatoms. The summed E-state index contributed by atoms with van der Waals surface area (Å²) in [6.45, 7) is 4.56. The van der Waals surface area contributed by atoms with Gasteiger partial charge in [0.05, 0.1) is 6.61 Å². The summed E-state index contributed by atoms with van der Waals surface area (Å²) in [6, 6.07) is 6.37. The number of hydrogen-bond donors (Lipinski definition) is 2. The van der Waals surface area contributed by atoms with Crippen molar-refractivity contribution in [1.29, 1.82) is 0 Å². The number of nitrogens with one attached hydrogen (secondary N) is 2. The van der Waals surface area contributed by atoms with Crippen molar-refractivity contribution in [1.82, 2.24) is 10.6 Å². The van der Waals surface area contributed by atoms with E-state index in [0.717, 1.165) is 12.1 Å². The molecule has 1 aromatic carbocycles. The Balaban J connectivity index is 0.00000400. The van der Waals surface area contributed by atoms with Gasteiger partial charge in [-0.2, -0.15) is 0 Å². The molecule has 1 atom stereocenters. The van der Waals surface area contributed by atoms with E-state index in [1.54, 1.807) is 13.2 Å². The predicted molar refractivity (Wildman–Crippen MR) is 84.3 cm³/mol. The number of carbonyl (C=O) groups is 1. The summed E-state index contributed by atoms with van der Waals surface area (Å²) in [5.41, 5.74) is 0.839. The van der Waals surface area contributed by atoms with E-state index in [2.05, 4.69) is 10.6 Å². The monoisotopic (exact) mass is 318 g/mol. The summed E-state index contributed by atoms with van der Waals surface area (Å²) in [7, 11) is 1.65. The minimum Gasteiger partial charge on any atom is -0.383 e. The Labute approximate surface area is 131 Å². The number of ether oxygens (including phenoxy) is 1. The molecule has 2 N–H and O–H groups in total. The molecule has 0 fully saturated rings. The zero-order valence-corrected chi connectivity index (χ0v) is 13.3. The maximum Gasteiger partial charge on any atom is 0.223 e. The molecule has 0 heterocycles. The molecule has 0 aromatic heterocycles. The first-order valence-electron chi connectivity index (χ1n) is 6.85. The van der Waals surface area contributed by atoms with Crippen LogP contribution in [0.3, 0.4) is 0 Å². The van der Waals surface area contributed by atoms with E-state index < -0.39 is 0 Å². The Hall–Kier alpha value is -1.17. The molecule has 0 radical (unpaired) electrons. The zero-order valence-electron chi connectivity index (χ0n) is 12.5. The van der Waals surface area contributed by atoms with E-state index in [1.807, 2.05) is 13.0 Å². The van der Waals surface area contributed by atoms with Crippen molar-refractivity contribution in [2.24, 2.45) is 5.92 Å². The smallest absolute Gasteiger partial charge is 0.223 e. The fourth-order valence-electron chi connectivity index (χ4n) is 1.86. The maximum atomic E-state index is 13.0. The van der Waals surface area contributed by atoms with Crippen molar-refractivity contribution in [2.45, 2.75) is 13.3 Å². The molecule has 0 saturated heterocycles. The molecule has 0 aliphatic heterocycles. The molecule has 4 nitrogen and oxygen atoms in total.